The molecule has 0 saturated heterocycles. The first-order valence-electron chi connectivity index (χ1n) is 15.8. The number of hydrogen-bond acceptors (Lipinski definition) is 15. The Labute approximate surface area is 346 Å². The monoisotopic (exact) mass is 877 g/mol. The Hall–Kier alpha value is -4.24. The predicted molar refractivity (Wildman–Crippen MR) is 188 cm³/mol. The summed E-state index contributed by atoms with van der Waals surface area (Å²) in [5, 5.41) is 33.2. The summed E-state index contributed by atoms with van der Waals surface area (Å²) in [6, 6.07) is 11.0. The van der Waals surface area contributed by atoms with E-state index in [2.05, 4.69) is 30.2 Å². The van der Waals surface area contributed by atoms with Crippen molar-refractivity contribution in [2.75, 3.05) is 0 Å². The van der Waals surface area contributed by atoms with Crippen molar-refractivity contribution in [3.05, 3.63) is 71.3 Å². The molecule has 28 heteroatoms. The van der Waals surface area contributed by atoms with Crippen LogP contribution < -0.4 is 34.7 Å². The Morgan fingerprint density at radius 3 is 1.23 bits per heavy atom. The molecule has 0 amide bonds. The fourth-order valence-corrected chi connectivity index (χ4v) is 6.45. The Bertz CT molecular complexity index is 2400. The summed E-state index contributed by atoms with van der Waals surface area (Å²) in [6.07, 6.45) is 4.33. The molecule has 5 N–H and O–H groups in total. The molecule has 0 spiro atoms. The largest absolute Gasteiger partial charge is 1.00 e. The van der Waals surface area contributed by atoms with E-state index >= 15 is 0 Å². The van der Waals surface area contributed by atoms with E-state index in [0.29, 0.717) is 40.9 Å². The third-order valence-corrected chi connectivity index (χ3v) is 9.13. The molecule has 57 heavy (non-hydrogen) atoms. The van der Waals surface area contributed by atoms with Crippen molar-refractivity contribution in [3.63, 3.8) is 0 Å². The molecule has 6 rings (SSSR count). The van der Waals surface area contributed by atoms with Gasteiger partial charge in [0.05, 0.1) is 23.2 Å². The van der Waals surface area contributed by atoms with Crippen LogP contribution in [-0.2, 0) is 49.6 Å². The Morgan fingerprint density at radius 2 is 0.947 bits per heavy atom. The summed E-state index contributed by atoms with van der Waals surface area (Å²) >= 11 is 0. The van der Waals surface area contributed by atoms with Crippen molar-refractivity contribution in [2.45, 2.75) is 81.3 Å². The molecule has 0 aromatic carbocycles. The summed E-state index contributed by atoms with van der Waals surface area (Å²) in [4.78, 5) is 10.1. The molecule has 20 nitrogen and oxygen atoms in total. The summed E-state index contributed by atoms with van der Waals surface area (Å²) in [7, 11) is -14.1. The molecule has 0 aliphatic carbocycles. The van der Waals surface area contributed by atoms with Crippen molar-refractivity contribution in [1.29, 1.82) is 5.26 Å². The zero-order chi connectivity index (χ0) is 42.6. The first-order valence-corrected chi connectivity index (χ1v) is 20.2. The van der Waals surface area contributed by atoms with E-state index in [9.17, 15) is 42.3 Å². The quantitative estimate of drug-likeness (QED) is 0.0388. The number of halogens is 4. The fourth-order valence-electron chi connectivity index (χ4n) is 4.60. The predicted octanol–water partition coefficient (Wildman–Crippen LogP) is 0.679. The van der Waals surface area contributed by atoms with Gasteiger partial charge >= 0.3 is 49.9 Å². The smallest absolute Gasteiger partial charge is 1.00 e. The molecule has 0 fully saturated rings. The van der Waals surface area contributed by atoms with Gasteiger partial charge in [0.25, 0.3) is 27.9 Å². The number of primary sulfonamides is 1. The van der Waals surface area contributed by atoms with E-state index in [4.69, 9.17) is 25.5 Å². The first kappa shape index (κ1) is 50.8. The Kier molecular flexibility index (Phi) is 19.6. The molecular weight excluding hydrogens is 842 g/mol. The molecule has 308 valence electrons. The topological polar surface area (TPSA) is 303 Å². The third-order valence-electron chi connectivity index (χ3n) is 6.62. The number of aryl methyl sites for hydroxylation is 3. The SMILES string of the molecule is CC#N.CCCc1ccc2nc(F)c(S(=O)(=O)F)n2n1.CCCc1ccc2nc(F)c(S(=O)(=O)O)n2n1.CCCc1ccc2nc(F)c(S(N)(=O)=O)n2n1.OO.[H-].[Na+]. The van der Waals surface area contributed by atoms with Gasteiger partial charge in [-0.2, -0.15) is 79.1 Å². The van der Waals surface area contributed by atoms with Crippen LogP contribution in [0.1, 0.15) is 65.5 Å². The summed E-state index contributed by atoms with van der Waals surface area (Å²) in [5.41, 5.74) is 1.91. The molecule has 0 aliphatic heterocycles. The van der Waals surface area contributed by atoms with Gasteiger partial charge in [-0.05, 0) is 55.7 Å². The number of nitrogens with zero attached hydrogens (tertiary/aromatic N) is 10. The molecule has 0 atom stereocenters. The number of fused-ring (bicyclic) bond motifs is 3. The van der Waals surface area contributed by atoms with E-state index in [1.165, 1.54) is 25.1 Å². The number of rotatable bonds is 9. The van der Waals surface area contributed by atoms with Crippen LogP contribution in [0.25, 0.3) is 16.9 Å². The van der Waals surface area contributed by atoms with Crippen molar-refractivity contribution < 1.29 is 88.4 Å². The minimum Gasteiger partial charge on any atom is -1.00 e. The fraction of sp³-hybridized carbons (Fsp3) is 0.345. The minimum absolute atomic E-state index is 0. The summed E-state index contributed by atoms with van der Waals surface area (Å²) in [5.74, 6) is -3.77. The molecule has 0 radical (unpaired) electrons. The molecule has 6 heterocycles. The second-order valence-corrected chi connectivity index (χ2v) is 14.9. The van der Waals surface area contributed by atoms with Crippen LogP contribution in [-0.4, -0.2) is 84.1 Å². The van der Waals surface area contributed by atoms with Gasteiger partial charge in [-0.3, -0.25) is 15.1 Å². The second kappa shape index (κ2) is 22.1. The van der Waals surface area contributed by atoms with Gasteiger partial charge < -0.3 is 1.43 Å². The van der Waals surface area contributed by atoms with Crippen LogP contribution in [0.15, 0.2) is 51.5 Å². The Balaban J connectivity index is 0.000000782. The van der Waals surface area contributed by atoms with Crippen LogP contribution in [0.3, 0.4) is 0 Å². The minimum atomic E-state index is -5.19. The van der Waals surface area contributed by atoms with Crippen molar-refractivity contribution in [2.24, 2.45) is 5.14 Å². The zero-order valence-electron chi connectivity index (χ0n) is 31.8. The van der Waals surface area contributed by atoms with Crippen LogP contribution in [0.2, 0.25) is 0 Å². The van der Waals surface area contributed by atoms with E-state index in [1.54, 1.807) is 24.3 Å². The van der Waals surface area contributed by atoms with E-state index in [-0.39, 0.29) is 47.9 Å². The van der Waals surface area contributed by atoms with Crippen LogP contribution >= 0.6 is 0 Å². The maximum absolute atomic E-state index is 13.4. The molecule has 6 aromatic heterocycles. The van der Waals surface area contributed by atoms with E-state index in [1.807, 2.05) is 20.8 Å². The van der Waals surface area contributed by atoms with Gasteiger partial charge in [0.15, 0.2) is 16.9 Å². The first-order chi connectivity index (χ1) is 26.2. The van der Waals surface area contributed by atoms with Gasteiger partial charge in [0.1, 0.15) is 0 Å². The van der Waals surface area contributed by atoms with Crippen molar-refractivity contribution in [3.8, 4) is 6.07 Å². The van der Waals surface area contributed by atoms with Crippen LogP contribution in [0, 0.1) is 29.2 Å². The maximum atomic E-state index is 13.4. The summed E-state index contributed by atoms with van der Waals surface area (Å²) in [6.45, 7) is 7.23. The molecule has 0 saturated carbocycles. The number of hydrogen-bond donors (Lipinski definition) is 4. The van der Waals surface area contributed by atoms with Gasteiger partial charge in [-0.25, -0.2) is 13.6 Å². The Morgan fingerprint density at radius 1 is 0.667 bits per heavy atom. The van der Waals surface area contributed by atoms with Gasteiger partial charge in [-0.1, -0.05) is 43.9 Å². The number of imidazole rings is 3. The van der Waals surface area contributed by atoms with Crippen LogP contribution in [0.5, 0.6) is 0 Å². The van der Waals surface area contributed by atoms with Crippen molar-refractivity contribution in [1.82, 2.24) is 43.8 Å². The van der Waals surface area contributed by atoms with Gasteiger partial charge in [0, 0.05) is 6.92 Å². The van der Waals surface area contributed by atoms with E-state index < -0.39 is 63.3 Å². The third kappa shape index (κ3) is 13.4. The maximum Gasteiger partial charge on any atom is 1.00 e. The van der Waals surface area contributed by atoms with Crippen molar-refractivity contribution >= 4 is 47.3 Å². The van der Waals surface area contributed by atoms with Gasteiger partial charge in [0.2, 0.25) is 15.1 Å². The summed E-state index contributed by atoms with van der Waals surface area (Å²) < 4.78 is 130. The normalized spacial score (nSPS) is 11.1. The van der Waals surface area contributed by atoms with Crippen LogP contribution in [0.4, 0.5) is 17.1 Å². The average Bonchev–Trinajstić information content (AvgIpc) is 3.74. The number of sulfonamides is 1. The average molecular weight is 878 g/mol. The molecule has 0 bridgehead atoms. The van der Waals surface area contributed by atoms with Gasteiger partial charge in [-0.15, -0.1) is 0 Å². The zero-order valence-corrected chi connectivity index (χ0v) is 35.2. The molecule has 0 unspecified atom stereocenters. The molecule has 0 aliphatic rings. The van der Waals surface area contributed by atoms with E-state index in [0.717, 1.165) is 28.3 Å². The molecule has 6 aromatic rings. The second-order valence-electron chi connectivity index (χ2n) is 10.8. The standard InChI is InChI=1S/C9H9F2N3O2S.C9H11FN4O2S.C9H10FN3O3S.C2H3N.Na.H2O2.H/c2*1-2-3-6-4-5-7-12-8(10)9(14(7)13-6)17(11,15)16;1-2-3-6-4-5-7-11-8(10)9(13(7)12-6)17(14,15)16;1-2-3;;1-2;/h4-5H,2-3H2,1H3;4-5H,2-3H2,1H3,(H2,11,15,16);4-5H,2-3H2,1H3,(H,14,15,16);1H3;;1-2H;/q;;;;+1;;-1. The number of aromatic nitrogens is 9. The molecular formula is C29H36F4N11NaO9S3. The number of nitrogens with two attached hydrogens (primary N) is 1. The number of nitriles is 1.